The maximum absolute atomic E-state index is 5.52. The summed E-state index contributed by atoms with van der Waals surface area (Å²) < 4.78 is 8.33. The average Bonchev–Trinajstić information content (AvgIpc) is 3.02. The first-order chi connectivity index (χ1) is 9.63. The lowest BCUT2D eigenvalue weighted by atomic mass is 10.1. The molecular formula is C14H19BrN4O. The van der Waals surface area contributed by atoms with E-state index >= 15 is 0 Å². The van der Waals surface area contributed by atoms with Crippen molar-refractivity contribution < 1.29 is 4.42 Å². The molecule has 0 amide bonds. The largest absolute Gasteiger partial charge is 0.453 e. The molecule has 0 saturated carbocycles. The van der Waals surface area contributed by atoms with Crippen molar-refractivity contribution in [1.82, 2.24) is 20.1 Å². The summed E-state index contributed by atoms with van der Waals surface area (Å²) in [6.45, 7) is 5.94. The molecule has 3 rings (SSSR count). The third kappa shape index (κ3) is 2.81. The standard InChI is InChI=1S/C14H19BrN4O/c1-9(2)13-17-14-11(4-3-7-19(14)18-13)16-8-10-5-6-12(15)20-10/h5-6,9,11,16H,3-4,7-8H2,1-2H3. The lowest BCUT2D eigenvalue weighted by molar-refractivity contribution is 0.351. The van der Waals surface area contributed by atoms with Gasteiger partial charge in [-0.3, -0.25) is 0 Å². The first kappa shape index (κ1) is 13.8. The quantitative estimate of drug-likeness (QED) is 0.928. The number of nitrogens with zero attached hydrogens (tertiary/aromatic N) is 3. The molecule has 0 radical (unpaired) electrons. The Labute approximate surface area is 126 Å². The zero-order chi connectivity index (χ0) is 14.1. The molecule has 1 atom stereocenters. The highest BCUT2D eigenvalue weighted by Crippen LogP contribution is 2.25. The second-order valence-electron chi connectivity index (χ2n) is 5.49. The highest BCUT2D eigenvalue weighted by molar-refractivity contribution is 9.10. The van der Waals surface area contributed by atoms with Gasteiger partial charge in [-0.2, -0.15) is 5.10 Å². The van der Waals surface area contributed by atoms with Crippen molar-refractivity contribution in [2.75, 3.05) is 0 Å². The van der Waals surface area contributed by atoms with E-state index in [1.165, 1.54) is 0 Å². The number of nitrogens with one attached hydrogen (secondary N) is 1. The minimum absolute atomic E-state index is 0.257. The zero-order valence-corrected chi connectivity index (χ0v) is 13.4. The van der Waals surface area contributed by atoms with E-state index in [1.54, 1.807) is 0 Å². The van der Waals surface area contributed by atoms with Crippen molar-refractivity contribution in [3.63, 3.8) is 0 Å². The van der Waals surface area contributed by atoms with Crippen molar-refractivity contribution in [2.45, 2.75) is 51.7 Å². The molecule has 2 aromatic rings. The van der Waals surface area contributed by atoms with Crippen molar-refractivity contribution in [3.05, 3.63) is 34.2 Å². The molecule has 5 nitrogen and oxygen atoms in total. The third-order valence-corrected chi connectivity index (χ3v) is 3.99. The van der Waals surface area contributed by atoms with Crippen LogP contribution in [0.15, 0.2) is 21.2 Å². The van der Waals surface area contributed by atoms with Crippen LogP contribution >= 0.6 is 15.9 Å². The van der Waals surface area contributed by atoms with Gasteiger partial charge < -0.3 is 9.73 Å². The van der Waals surface area contributed by atoms with Crippen molar-refractivity contribution >= 4 is 15.9 Å². The van der Waals surface area contributed by atoms with Gasteiger partial charge in [-0.1, -0.05) is 13.8 Å². The minimum atomic E-state index is 0.257. The maximum atomic E-state index is 5.52. The fraction of sp³-hybridized carbons (Fsp3) is 0.571. The second kappa shape index (κ2) is 5.69. The van der Waals surface area contributed by atoms with Crippen molar-refractivity contribution in [1.29, 1.82) is 0 Å². The normalized spacial score (nSPS) is 18.5. The Bertz CT molecular complexity index is 590. The monoisotopic (exact) mass is 338 g/mol. The van der Waals surface area contributed by atoms with Gasteiger partial charge in [-0.05, 0) is 40.9 Å². The molecule has 0 aliphatic carbocycles. The number of rotatable bonds is 4. The molecule has 0 saturated heterocycles. The SMILES string of the molecule is CC(C)c1nc2n(n1)CCCC2NCc1ccc(Br)o1. The van der Waals surface area contributed by atoms with Gasteiger partial charge >= 0.3 is 0 Å². The van der Waals surface area contributed by atoms with Crippen LogP contribution in [-0.4, -0.2) is 14.8 Å². The van der Waals surface area contributed by atoms with E-state index in [-0.39, 0.29) is 6.04 Å². The summed E-state index contributed by atoms with van der Waals surface area (Å²) in [6, 6.07) is 4.15. The van der Waals surface area contributed by atoms with Crippen LogP contribution in [0, 0.1) is 0 Å². The summed E-state index contributed by atoms with van der Waals surface area (Å²) in [6.07, 6.45) is 2.23. The van der Waals surface area contributed by atoms with Crippen LogP contribution in [0.2, 0.25) is 0 Å². The summed E-state index contributed by atoms with van der Waals surface area (Å²) in [7, 11) is 0. The lowest BCUT2D eigenvalue weighted by Crippen LogP contribution is -2.28. The Morgan fingerprint density at radius 1 is 1.50 bits per heavy atom. The molecule has 0 aromatic carbocycles. The van der Waals surface area contributed by atoms with Gasteiger partial charge in [0, 0.05) is 12.5 Å². The number of aryl methyl sites for hydroxylation is 1. The van der Waals surface area contributed by atoms with Crippen molar-refractivity contribution in [2.24, 2.45) is 0 Å². The van der Waals surface area contributed by atoms with Crippen LogP contribution in [0.1, 0.15) is 56.1 Å². The molecule has 6 heteroatoms. The second-order valence-corrected chi connectivity index (χ2v) is 6.27. The summed E-state index contributed by atoms with van der Waals surface area (Å²) in [5, 5.41) is 8.12. The Hall–Kier alpha value is -1.14. The molecule has 20 heavy (non-hydrogen) atoms. The molecule has 1 N–H and O–H groups in total. The zero-order valence-electron chi connectivity index (χ0n) is 11.8. The highest BCUT2D eigenvalue weighted by Gasteiger charge is 2.24. The smallest absolute Gasteiger partial charge is 0.169 e. The topological polar surface area (TPSA) is 55.9 Å². The van der Waals surface area contributed by atoms with Crippen LogP contribution in [-0.2, 0) is 13.1 Å². The molecule has 1 aliphatic rings. The van der Waals surface area contributed by atoms with E-state index in [9.17, 15) is 0 Å². The van der Waals surface area contributed by atoms with E-state index < -0.39 is 0 Å². The Balaban J connectivity index is 1.72. The maximum Gasteiger partial charge on any atom is 0.169 e. The van der Waals surface area contributed by atoms with Gasteiger partial charge in [0.2, 0.25) is 0 Å². The van der Waals surface area contributed by atoms with Gasteiger partial charge in [0.1, 0.15) is 11.6 Å². The molecule has 0 bridgehead atoms. The van der Waals surface area contributed by atoms with Gasteiger partial charge in [0.25, 0.3) is 0 Å². The molecular weight excluding hydrogens is 320 g/mol. The van der Waals surface area contributed by atoms with E-state index in [0.29, 0.717) is 12.5 Å². The van der Waals surface area contributed by atoms with Crippen LogP contribution in [0.5, 0.6) is 0 Å². The van der Waals surface area contributed by atoms with Crippen LogP contribution in [0.3, 0.4) is 0 Å². The molecule has 1 aliphatic heterocycles. The van der Waals surface area contributed by atoms with Gasteiger partial charge in [-0.25, -0.2) is 9.67 Å². The number of aromatic nitrogens is 3. The first-order valence-electron chi connectivity index (χ1n) is 7.05. The Morgan fingerprint density at radius 3 is 3.05 bits per heavy atom. The highest BCUT2D eigenvalue weighted by atomic mass is 79.9. The number of furan rings is 1. The first-order valence-corrected chi connectivity index (χ1v) is 7.85. The average molecular weight is 339 g/mol. The summed E-state index contributed by atoms with van der Waals surface area (Å²) >= 11 is 3.32. The summed E-state index contributed by atoms with van der Waals surface area (Å²) in [5.41, 5.74) is 0. The predicted molar refractivity (Wildman–Crippen MR) is 79.3 cm³/mol. The Kier molecular flexibility index (Phi) is 3.94. The summed E-state index contributed by atoms with van der Waals surface area (Å²) in [4.78, 5) is 4.70. The number of halogens is 1. The van der Waals surface area contributed by atoms with E-state index in [1.807, 2.05) is 12.1 Å². The van der Waals surface area contributed by atoms with Gasteiger partial charge in [0.15, 0.2) is 10.5 Å². The molecule has 3 heterocycles. The van der Waals surface area contributed by atoms with E-state index in [2.05, 4.69) is 44.9 Å². The molecule has 1 unspecified atom stereocenters. The van der Waals surface area contributed by atoms with Crippen LogP contribution < -0.4 is 5.32 Å². The number of hydrogen-bond donors (Lipinski definition) is 1. The van der Waals surface area contributed by atoms with Crippen molar-refractivity contribution in [3.8, 4) is 0 Å². The van der Waals surface area contributed by atoms with E-state index in [4.69, 9.17) is 9.40 Å². The fourth-order valence-corrected chi connectivity index (χ4v) is 2.82. The summed E-state index contributed by atoms with van der Waals surface area (Å²) in [5.74, 6) is 3.30. The molecule has 2 aromatic heterocycles. The van der Waals surface area contributed by atoms with Gasteiger partial charge in [-0.15, -0.1) is 0 Å². The lowest BCUT2D eigenvalue weighted by Gasteiger charge is -2.22. The molecule has 0 fully saturated rings. The minimum Gasteiger partial charge on any atom is -0.453 e. The molecule has 108 valence electrons. The fourth-order valence-electron chi connectivity index (χ4n) is 2.48. The number of fused-ring (bicyclic) bond motifs is 1. The Morgan fingerprint density at radius 2 is 2.35 bits per heavy atom. The van der Waals surface area contributed by atoms with Crippen LogP contribution in [0.4, 0.5) is 0 Å². The molecule has 0 spiro atoms. The third-order valence-electron chi connectivity index (χ3n) is 3.56. The predicted octanol–water partition coefficient (Wildman–Crippen LogP) is 3.38. The van der Waals surface area contributed by atoms with Gasteiger partial charge in [0.05, 0.1) is 12.6 Å². The number of hydrogen-bond acceptors (Lipinski definition) is 4. The van der Waals surface area contributed by atoms with E-state index in [0.717, 1.165) is 41.5 Å². The van der Waals surface area contributed by atoms with Crippen LogP contribution in [0.25, 0.3) is 0 Å².